The molecule has 0 atom stereocenters. The highest BCUT2D eigenvalue weighted by Gasteiger charge is 1.97. The van der Waals surface area contributed by atoms with Crippen LogP contribution < -0.4 is 4.74 Å². The quantitative estimate of drug-likeness (QED) is 0.287. The van der Waals surface area contributed by atoms with Gasteiger partial charge >= 0.3 is 5.97 Å². The monoisotopic (exact) mass is 347 g/mol. The molecule has 0 spiro atoms. The third-order valence-electron chi connectivity index (χ3n) is 3.61. The zero-order valence-electron chi connectivity index (χ0n) is 14.6. The first-order chi connectivity index (χ1) is 12.7. The van der Waals surface area contributed by atoms with Crippen LogP contribution in [-0.2, 0) is 9.53 Å². The highest BCUT2D eigenvalue weighted by atomic mass is 16.5. The minimum Gasteiger partial charge on any atom is -0.494 e. The molecule has 0 saturated carbocycles. The van der Waals surface area contributed by atoms with Crippen LogP contribution in [0, 0.1) is 11.3 Å². The summed E-state index contributed by atoms with van der Waals surface area (Å²) in [5.41, 5.74) is 2.77. The number of unbranched alkanes of at least 4 members (excludes halogenated alkanes) is 1. The number of ether oxygens (including phenoxy) is 2. The van der Waals surface area contributed by atoms with Crippen LogP contribution in [0.5, 0.6) is 5.75 Å². The molecule has 0 amide bonds. The van der Waals surface area contributed by atoms with Crippen LogP contribution >= 0.6 is 0 Å². The molecule has 4 heteroatoms. The molecule has 2 aromatic rings. The SMILES string of the molecule is C=CC(=O)OCCCCOc1ccc(C=Cc2ccc(C#N)cc2)cc1. The normalized spacial score (nSPS) is 10.3. The summed E-state index contributed by atoms with van der Waals surface area (Å²) in [6.07, 6.45) is 6.74. The predicted octanol–water partition coefficient (Wildman–Crippen LogP) is 4.62. The standard InChI is InChI=1S/C22H21NO3/c1-2-22(24)26-16-4-3-15-25-21-13-11-19(12-14-21)6-5-18-7-9-20(17-23)10-8-18/h2,5-14H,1,3-4,15-16H2. The number of carbonyl (C=O) groups is 1. The minimum atomic E-state index is -0.393. The number of rotatable bonds is 9. The Kier molecular flexibility index (Phi) is 7.70. The van der Waals surface area contributed by atoms with E-state index in [0.29, 0.717) is 18.8 Å². The van der Waals surface area contributed by atoms with Gasteiger partial charge in [-0.25, -0.2) is 4.79 Å². The van der Waals surface area contributed by atoms with Crippen LogP contribution in [0.25, 0.3) is 12.2 Å². The van der Waals surface area contributed by atoms with Gasteiger partial charge in [0.1, 0.15) is 5.75 Å². The Labute approximate surface area is 154 Å². The molecular formula is C22H21NO3. The fraction of sp³-hybridized carbons (Fsp3) is 0.182. The van der Waals surface area contributed by atoms with Gasteiger partial charge in [-0.05, 0) is 48.2 Å². The van der Waals surface area contributed by atoms with E-state index in [2.05, 4.69) is 12.6 Å². The van der Waals surface area contributed by atoms with E-state index < -0.39 is 5.97 Å². The largest absolute Gasteiger partial charge is 0.494 e. The lowest BCUT2D eigenvalue weighted by Gasteiger charge is -2.06. The van der Waals surface area contributed by atoms with E-state index >= 15 is 0 Å². The maximum Gasteiger partial charge on any atom is 0.330 e. The second kappa shape index (κ2) is 10.5. The van der Waals surface area contributed by atoms with Gasteiger partial charge in [0.2, 0.25) is 0 Å². The summed E-state index contributed by atoms with van der Waals surface area (Å²) in [5, 5.41) is 8.80. The second-order valence-corrected chi connectivity index (χ2v) is 5.56. The Morgan fingerprint density at radius 3 is 2.12 bits per heavy atom. The molecule has 0 radical (unpaired) electrons. The third kappa shape index (κ3) is 6.66. The van der Waals surface area contributed by atoms with Crippen molar-refractivity contribution in [2.24, 2.45) is 0 Å². The first kappa shape index (κ1) is 19.0. The molecule has 0 fully saturated rings. The highest BCUT2D eigenvalue weighted by Crippen LogP contribution is 2.15. The van der Waals surface area contributed by atoms with Gasteiger partial charge in [0.25, 0.3) is 0 Å². The van der Waals surface area contributed by atoms with Crippen molar-refractivity contribution in [1.82, 2.24) is 0 Å². The van der Waals surface area contributed by atoms with Crippen molar-refractivity contribution in [3.8, 4) is 11.8 Å². The molecule has 0 aliphatic heterocycles. The summed E-state index contributed by atoms with van der Waals surface area (Å²) in [6, 6.07) is 17.4. The minimum absolute atomic E-state index is 0.382. The van der Waals surface area contributed by atoms with E-state index in [1.54, 1.807) is 12.1 Å². The molecular weight excluding hydrogens is 326 g/mol. The van der Waals surface area contributed by atoms with Crippen molar-refractivity contribution >= 4 is 18.1 Å². The molecule has 0 aromatic heterocycles. The van der Waals surface area contributed by atoms with Gasteiger partial charge in [0.05, 0.1) is 24.8 Å². The molecule has 2 aromatic carbocycles. The third-order valence-corrected chi connectivity index (χ3v) is 3.61. The van der Waals surface area contributed by atoms with E-state index in [4.69, 9.17) is 14.7 Å². The Hall–Kier alpha value is -3.32. The molecule has 0 N–H and O–H groups in total. The number of nitrogens with zero attached hydrogens (tertiary/aromatic N) is 1. The second-order valence-electron chi connectivity index (χ2n) is 5.56. The van der Waals surface area contributed by atoms with E-state index in [1.165, 1.54) is 0 Å². The number of nitriles is 1. The Balaban J connectivity index is 1.73. The number of hydrogen-bond donors (Lipinski definition) is 0. The summed E-state index contributed by atoms with van der Waals surface area (Å²) in [7, 11) is 0. The van der Waals surface area contributed by atoms with Crippen molar-refractivity contribution in [3.05, 3.63) is 77.9 Å². The van der Waals surface area contributed by atoms with Crippen molar-refractivity contribution in [2.75, 3.05) is 13.2 Å². The van der Waals surface area contributed by atoms with E-state index in [1.807, 2.05) is 48.6 Å². The molecule has 4 nitrogen and oxygen atoms in total. The van der Waals surface area contributed by atoms with E-state index in [-0.39, 0.29) is 0 Å². The molecule has 132 valence electrons. The van der Waals surface area contributed by atoms with E-state index in [0.717, 1.165) is 35.8 Å². The Morgan fingerprint density at radius 1 is 0.962 bits per heavy atom. The van der Waals surface area contributed by atoms with Gasteiger partial charge in [-0.2, -0.15) is 5.26 Å². The number of hydrogen-bond acceptors (Lipinski definition) is 4. The predicted molar refractivity (Wildman–Crippen MR) is 102 cm³/mol. The van der Waals surface area contributed by atoms with Crippen LogP contribution in [0.1, 0.15) is 29.5 Å². The van der Waals surface area contributed by atoms with Crippen molar-refractivity contribution in [1.29, 1.82) is 5.26 Å². The fourth-order valence-electron chi connectivity index (χ4n) is 2.16. The summed E-state index contributed by atoms with van der Waals surface area (Å²) in [6.45, 7) is 4.30. The highest BCUT2D eigenvalue weighted by molar-refractivity contribution is 5.81. The van der Waals surface area contributed by atoms with Crippen molar-refractivity contribution in [2.45, 2.75) is 12.8 Å². The first-order valence-corrected chi connectivity index (χ1v) is 8.41. The summed E-state index contributed by atoms with van der Waals surface area (Å²) < 4.78 is 10.6. The summed E-state index contributed by atoms with van der Waals surface area (Å²) in [5.74, 6) is 0.416. The average Bonchev–Trinajstić information content (AvgIpc) is 2.70. The van der Waals surface area contributed by atoms with Gasteiger partial charge in [-0.1, -0.05) is 43.0 Å². The topological polar surface area (TPSA) is 59.3 Å². The maximum absolute atomic E-state index is 10.9. The van der Waals surface area contributed by atoms with Crippen LogP contribution in [0.3, 0.4) is 0 Å². The van der Waals surface area contributed by atoms with Crippen LogP contribution in [0.4, 0.5) is 0 Å². The van der Waals surface area contributed by atoms with Gasteiger partial charge in [-0.3, -0.25) is 0 Å². The molecule has 26 heavy (non-hydrogen) atoms. The van der Waals surface area contributed by atoms with Gasteiger partial charge in [0, 0.05) is 6.08 Å². The zero-order valence-corrected chi connectivity index (χ0v) is 14.6. The van der Waals surface area contributed by atoms with Crippen molar-refractivity contribution < 1.29 is 14.3 Å². The molecule has 2 rings (SSSR count). The number of benzene rings is 2. The lowest BCUT2D eigenvalue weighted by atomic mass is 10.1. The Bertz CT molecular complexity index is 784. The van der Waals surface area contributed by atoms with Crippen molar-refractivity contribution in [3.63, 3.8) is 0 Å². The molecule has 0 heterocycles. The van der Waals surface area contributed by atoms with Crippen LogP contribution in [0.2, 0.25) is 0 Å². The maximum atomic E-state index is 10.9. The lowest BCUT2D eigenvalue weighted by molar-refractivity contribution is -0.137. The average molecular weight is 347 g/mol. The van der Waals surface area contributed by atoms with E-state index in [9.17, 15) is 4.79 Å². The van der Waals surface area contributed by atoms with Gasteiger partial charge < -0.3 is 9.47 Å². The fourth-order valence-corrected chi connectivity index (χ4v) is 2.16. The lowest BCUT2D eigenvalue weighted by Crippen LogP contribution is -2.04. The number of esters is 1. The molecule has 0 saturated heterocycles. The summed E-state index contributed by atoms with van der Waals surface area (Å²) in [4.78, 5) is 10.9. The molecule has 0 unspecified atom stereocenters. The molecule has 0 bridgehead atoms. The molecule has 0 aliphatic rings. The molecule has 0 aliphatic carbocycles. The van der Waals surface area contributed by atoms with Crippen LogP contribution in [0.15, 0.2) is 61.2 Å². The zero-order chi connectivity index (χ0) is 18.6. The number of carbonyl (C=O) groups excluding carboxylic acids is 1. The summed E-state index contributed by atoms with van der Waals surface area (Å²) >= 11 is 0. The smallest absolute Gasteiger partial charge is 0.330 e. The van der Waals surface area contributed by atoms with Gasteiger partial charge in [-0.15, -0.1) is 0 Å². The Morgan fingerprint density at radius 2 is 1.54 bits per heavy atom. The van der Waals surface area contributed by atoms with Crippen LogP contribution in [-0.4, -0.2) is 19.2 Å². The first-order valence-electron chi connectivity index (χ1n) is 8.41. The van der Waals surface area contributed by atoms with Gasteiger partial charge in [0.15, 0.2) is 0 Å².